The summed E-state index contributed by atoms with van der Waals surface area (Å²) in [5.41, 5.74) is 4.16. The van der Waals surface area contributed by atoms with Gasteiger partial charge in [-0.15, -0.1) is 11.3 Å². The van der Waals surface area contributed by atoms with Crippen LogP contribution in [-0.2, 0) is 19.3 Å². The van der Waals surface area contributed by atoms with Crippen molar-refractivity contribution in [3.05, 3.63) is 51.0 Å². The highest BCUT2D eigenvalue weighted by Crippen LogP contribution is 2.34. The first-order chi connectivity index (χ1) is 10.2. The second-order valence-corrected chi connectivity index (χ2v) is 7.20. The predicted molar refractivity (Wildman–Crippen MR) is 90.1 cm³/mol. The lowest BCUT2D eigenvalue weighted by Crippen LogP contribution is -2.29. The smallest absolute Gasteiger partial charge is 0.115 e. The molecule has 2 aromatic rings. The second-order valence-electron chi connectivity index (χ2n) is 6.08. The van der Waals surface area contributed by atoms with Crippen LogP contribution in [0.2, 0.25) is 0 Å². The van der Waals surface area contributed by atoms with Gasteiger partial charge in [0.25, 0.3) is 0 Å². The summed E-state index contributed by atoms with van der Waals surface area (Å²) in [6, 6.07) is 9.45. The molecule has 0 aliphatic heterocycles. The molecule has 0 bridgehead atoms. The van der Waals surface area contributed by atoms with Crippen LogP contribution in [0, 0.1) is 0 Å². The molecule has 1 aromatic carbocycles. The van der Waals surface area contributed by atoms with Crippen molar-refractivity contribution in [3.63, 3.8) is 0 Å². The number of hydrogen-bond donors (Lipinski definition) is 1. The Balaban J connectivity index is 2.00. The van der Waals surface area contributed by atoms with Crippen molar-refractivity contribution >= 4 is 11.3 Å². The molecule has 1 unspecified atom stereocenters. The van der Waals surface area contributed by atoms with Crippen molar-refractivity contribution in [2.75, 3.05) is 0 Å². The van der Waals surface area contributed by atoms with Gasteiger partial charge in [0, 0.05) is 10.9 Å². The van der Waals surface area contributed by atoms with Crippen LogP contribution in [0.25, 0.3) is 0 Å². The Morgan fingerprint density at radius 3 is 2.76 bits per heavy atom. The van der Waals surface area contributed by atoms with Gasteiger partial charge in [-0.05, 0) is 50.7 Å². The van der Waals surface area contributed by atoms with Gasteiger partial charge in [-0.25, -0.2) is 4.98 Å². The number of fused-ring (bicyclic) bond motifs is 1. The molecular weight excluding hydrogens is 276 g/mol. The monoisotopic (exact) mass is 300 g/mol. The van der Waals surface area contributed by atoms with E-state index in [-0.39, 0.29) is 6.04 Å². The van der Waals surface area contributed by atoms with E-state index in [0.29, 0.717) is 6.04 Å². The first kappa shape index (κ1) is 14.7. The van der Waals surface area contributed by atoms with E-state index in [0.717, 1.165) is 12.8 Å². The Morgan fingerprint density at radius 1 is 1.24 bits per heavy atom. The van der Waals surface area contributed by atoms with Crippen molar-refractivity contribution < 1.29 is 0 Å². The van der Waals surface area contributed by atoms with E-state index in [9.17, 15) is 0 Å². The zero-order valence-electron chi connectivity index (χ0n) is 13.1. The molecule has 0 amide bonds. The third-order valence-corrected chi connectivity index (χ3v) is 5.33. The lowest BCUT2D eigenvalue weighted by Gasteiger charge is -2.22. The van der Waals surface area contributed by atoms with Gasteiger partial charge in [0.05, 0.1) is 11.7 Å². The van der Waals surface area contributed by atoms with Crippen molar-refractivity contribution in [3.8, 4) is 0 Å². The topological polar surface area (TPSA) is 24.9 Å². The summed E-state index contributed by atoms with van der Waals surface area (Å²) in [5, 5.41) is 4.97. The summed E-state index contributed by atoms with van der Waals surface area (Å²) < 4.78 is 0. The zero-order chi connectivity index (χ0) is 14.8. The summed E-state index contributed by atoms with van der Waals surface area (Å²) >= 11 is 1.91. The maximum atomic E-state index is 4.95. The quantitative estimate of drug-likeness (QED) is 0.891. The minimum Gasteiger partial charge on any atom is -0.302 e. The van der Waals surface area contributed by atoms with Crippen LogP contribution in [0.15, 0.2) is 24.3 Å². The molecule has 1 aromatic heterocycles. The standard InChI is InChI=1S/C18H24N2S/c1-4-13-8-5-6-9-14(13)17(19-12(2)3)18-20-15-10-7-11-16(15)21-18/h5-6,8-9,12,17,19H,4,7,10-11H2,1-3H3. The molecule has 0 fully saturated rings. The van der Waals surface area contributed by atoms with Crippen LogP contribution in [0.5, 0.6) is 0 Å². The summed E-state index contributed by atoms with van der Waals surface area (Å²) in [4.78, 5) is 6.46. The number of thiazole rings is 1. The summed E-state index contributed by atoms with van der Waals surface area (Å²) in [6.07, 6.45) is 4.73. The fraction of sp³-hybridized carbons (Fsp3) is 0.500. The summed E-state index contributed by atoms with van der Waals surface area (Å²) in [7, 11) is 0. The molecule has 0 saturated heterocycles. The Bertz CT molecular complexity index is 594. The van der Waals surface area contributed by atoms with Crippen molar-refractivity contribution in [1.29, 1.82) is 0 Å². The van der Waals surface area contributed by atoms with E-state index in [1.807, 2.05) is 11.3 Å². The fourth-order valence-electron chi connectivity index (χ4n) is 3.10. The van der Waals surface area contributed by atoms with Crippen molar-refractivity contribution in [2.45, 2.75) is 58.5 Å². The van der Waals surface area contributed by atoms with Crippen LogP contribution in [0.1, 0.15) is 59.9 Å². The fourth-order valence-corrected chi connectivity index (χ4v) is 4.33. The Morgan fingerprint density at radius 2 is 2.05 bits per heavy atom. The highest BCUT2D eigenvalue weighted by atomic mass is 32.1. The van der Waals surface area contributed by atoms with E-state index in [1.165, 1.54) is 39.5 Å². The van der Waals surface area contributed by atoms with Gasteiger partial charge < -0.3 is 5.32 Å². The van der Waals surface area contributed by atoms with Crippen LogP contribution >= 0.6 is 11.3 Å². The number of nitrogens with one attached hydrogen (secondary N) is 1. The molecule has 0 spiro atoms. The molecule has 1 N–H and O–H groups in total. The molecule has 2 nitrogen and oxygen atoms in total. The molecule has 1 heterocycles. The SMILES string of the molecule is CCc1ccccc1C(NC(C)C)c1nc2c(s1)CCC2. The molecule has 1 aliphatic carbocycles. The van der Waals surface area contributed by atoms with Crippen molar-refractivity contribution in [1.82, 2.24) is 10.3 Å². The van der Waals surface area contributed by atoms with Gasteiger partial charge >= 0.3 is 0 Å². The van der Waals surface area contributed by atoms with E-state index >= 15 is 0 Å². The second kappa shape index (κ2) is 6.29. The lowest BCUT2D eigenvalue weighted by atomic mass is 9.98. The Kier molecular flexibility index (Phi) is 4.41. The molecular formula is C18H24N2S. The zero-order valence-corrected chi connectivity index (χ0v) is 14.0. The minimum atomic E-state index is 0.233. The van der Waals surface area contributed by atoms with Gasteiger partial charge in [0.1, 0.15) is 5.01 Å². The number of hydrogen-bond acceptors (Lipinski definition) is 3. The maximum absolute atomic E-state index is 4.95. The summed E-state index contributed by atoms with van der Waals surface area (Å²) in [5.74, 6) is 0. The Labute approximate surface area is 131 Å². The van der Waals surface area contributed by atoms with E-state index in [2.05, 4.69) is 50.4 Å². The number of rotatable bonds is 5. The lowest BCUT2D eigenvalue weighted by molar-refractivity contribution is 0.523. The van der Waals surface area contributed by atoms with Gasteiger partial charge in [-0.3, -0.25) is 0 Å². The van der Waals surface area contributed by atoms with Crippen LogP contribution < -0.4 is 5.32 Å². The molecule has 21 heavy (non-hydrogen) atoms. The number of aromatic nitrogens is 1. The molecule has 3 heteroatoms. The highest BCUT2D eigenvalue weighted by molar-refractivity contribution is 7.11. The number of aryl methyl sites for hydroxylation is 3. The molecule has 0 radical (unpaired) electrons. The van der Waals surface area contributed by atoms with Crippen LogP contribution in [-0.4, -0.2) is 11.0 Å². The average Bonchev–Trinajstić information content (AvgIpc) is 3.05. The first-order valence-corrected chi connectivity index (χ1v) is 8.83. The normalized spacial score (nSPS) is 15.4. The average molecular weight is 300 g/mol. The van der Waals surface area contributed by atoms with Gasteiger partial charge in [-0.1, -0.05) is 31.2 Å². The largest absolute Gasteiger partial charge is 0.302 e. The maximum Gasteiger partial charge on any atom is 0.115 e. The summed E-state index contributed by atoms with van der Waals surface area (Å²) in [6.45, 7) is 6.65. The van der Waals surface area contributed by atoms with Gasteiger partial charge in [0.2, 0.25) is 0 Å². The first-order valence-electron chi connectivity index (χ1n) is 8.01. The van der Waals surface area contributed by atoms with Crippen LogP contribution in [0.4, 0.5) is 0 Å². The molecule has 1 aliphatic rings. The third-order valence-electron chi connectivity index (χ3n) is 4.11. The Hall–Kier alpha value is -1.19. The van der Waals surface area contributed by atoms with E-state index in [1.54, 1.807) is 0 Å². The predicted octanol–water partition coefficient (Wildman–Crippen LogP) is 4.28. The van der Waals surface area contributed by atoms with Crippen molar-refractivity contribution in [2.24, 2.45) is 0 Å². The molecule has 112 valence electrons. The van der Waals surface area contributed by atoms with E-state index < -0.39 is 0 Å². The molecule has 1 atom stereocenters. The molecule has 3 rings (SSSR count). The number of benzene rings is 1. The van der Waals surface area contributed by atoms with Gasteiger partial charge in [-0.2, -0.15) is 0 Å². The van der Waals surface area contributed by atoms with Gasteiger partial charge in [0.15, 0.2) is 0 Å². The number of nitrogens with zero attached hydrogens (tertiary/aromatic N) is 1. The third kappa shape index (κ3) is 3.04. The minimum absolute atomic E-state index is 0.233. The van der Waals surface area contributed by atoms with E-state index in [4.69, 9.17) is 4.98 Å². The molecule has 0 saturated carbocycles. The van der Waals surface area contributed by atoms with Crippen LogP contribution in [0.3, 0.4) is 0 Å². The highest BCUT2D eigenvalue weighted by Gasteiger charge is 2.24.